The molecule has 132 valence electrons. The molecule has 2 fully saturated rings. The van der Waals surface area contributed by atoms with Crippen LogP contribution in [0.1, 0.15) is 43.2 Å². The number of nitrogens with zero attached hydrogens (tertiary/aromatic N) is 3. The minimum absolute atomic E-state index is 0.0734. The van der Waals surface area contributed by atoms with Gasteiger partial charge in [-0.25, -0.2) is 0 Å². The maximum Gasteiger partial charge on any atom is 0.308 e. The first-order valence-corrected chi connectivity index (χ1v) is 8.61. The Hall–Kier alpha value is -1.89. The number of carbonyl (C=O) groups is 2. The van der Waals surface area contributed by atoms with Gasteiger partial charge in [0.2, 0.25) is 5.91 Å². The van der Waals surface area contributed by atoms with E-state index in [4.69, 9.17) is 9.26 Å². The summed E-state index contributed by atoms with van der Waals surface area (Å²) in [6, 6.07) is 2.10. The largest absolute Gasteiger partial charge is 0.469 e. The van der Waals surface area contributed by atoms with Crippen molar-refractivity contribution in [1.29, 1.82) is 0 Å². The van der Waals surface area contributed by atoms with E-state index in [9.17, 15) is 9.59 Å². The van der Waals surface area contributed by atoms with Gasteiger partial charge in [-0.3, -0.25) is 14.5 Å². The fourth-order valence-electron chi connectivity index (χ4n) is 3.68. The fourth-order valence-corrected chi connectivity index (χ4v) is 3.68. The third kappa shape index (κ3) is 3.61. The van der Waals surface area contributed by atoms with Gasteiger partial charge in [-0.05, 0) is 39.2 Å². The van der Waals surface area contributed by atoms with E-state index in [1.165, 1.54) is 7.11 Å². The van der Waals surface area contributed by atoms with Crippen LogP contribution in [-0.2, 0) is 14.3 Å². The van der Waals surface area contributed by atoms with Gasteiger partial charge < -0.3 is 14.2 Å². The van der Waals surface area contributed by atoms with Gasteiger partial charge in [0.15, 0.2) is 5.76 Å². The molecule has 0 N–H and O–H groups in total. The van der Waals surface area contributed by atoms with Crippen LogP contribution in [0.15, 0.2) is 10.6 Å². The van der Waals surface area contributed by atoms with Crippen molar-refractivity contribution in [2.45, 2.75) is 38.6 Å². The Kier molecular flexibility index (Phi) is 5.18. The highest BCUT2D eigenvalue weighted by atomic mass is 16.5. The maximum atomic E-state index is 12.6. The molecule has 2 saturated heterocycles. The average molecular weight is 335 g/mol. The van der Waals surface area contributed by atoms with Crippen molar-refractivity contribution in [2.75, 3.05) is 33.3 Å². The molecular weight excluding hydrogens is 310 g/mol. The molecular formula is C17H25N3O4. The SMILES string of the molecule is COC(=O)C1CCN(C(=O)CN2CCCC2c2cc(C)no2)CC1. The lowest BCUT2D eigenvalue weighted by atomic mass is 9.97. The highest BCUT2D eigenvalue weighted by Gasteiger charge is 2.33. The van der Waals surface area contributed by atoms with E-state index >= 15 is 0 Å². The van der Waals surface area contributed by atoms with Crippen LogP contribution in [0.2, 0.25) is 0 Å². The summed E-state index contributed by atoms with van der Waals surface area (Å²) in [7, 11) is 1.42. The van der Waals surface area contributed by atoms with E-state index in [0.29, 0.717) is 32.5 Å². The van der Waals surface area contributed by atoms with Crippen LogP contribution in [0.25, 0.3) is 0 Å². The zero-order chi connectivity index (χ0) is 17.1. The Morgan fingerprint density at radius 1 is 1.29 bits per heavy atom. The first-order chi connectivity index (χ1) is 11.6. The van der Waals surface area contributed by atoms with Gasteiger partial charge in [0.25, 0.3) is 0 Å². The van der Waals surface area contributed by atoms with E-state index in [0.717, 1.165) is 30.8 Å². The minimum Gasteiger partial charge on any atom is -0.469 e. The number of ether oxygens (including phenoxy) is 1. The van der Waals surface area contributed by atoms with Gasteiger partial charge in [-0.2, -0.15) is 0 Å². The van der Waals surface area contributed by atoms with E-state index in [-0.39, 0.29) is 23.8 Å². The van der Waals surface area contributed by atoms with Crippen molar-refractivity contribution < 1.29 is 18.8 Å². The molecule has 0 radical (unpaired) electrons. The predicted octanol–water partition coefficient (Wildman–Crippen LogP) is 1.53. The number of aryl methyl sites for hydroxylation is 1. The molecule has 0 bridgehead atoms. The lowest BCUT2D eigenvalue weighted by Crippen LogP contribution is -2.45. The van der Waals surface area contributed by atoms with Crippen LogP contribution in [-0.4, -0.2) is 60.1 Å². The highest BCUT2D eigenvalue weighted by Crippen LogP contribution is 2.32. The van der Waals surface area contributed by atoms with E-state index in [1.54, 1.807) is 0 Å². The molecule has 7 nitrogen and oxygen atoms in total. The highest BCUT2D eigenvalue weighted by molar-refractivity contribution is 5.79. The van der Waals surface area contributed by atoms with Gasteiger partial charge in [0.1, 0.15) is 0 Å². The summed E-state index contributed by atoms with van der Waals surface area (Å²) < 4.78 is 10.2. The molecule has 24 heavy (non-hydrogen) atoms. The van der Waals surface area contributed by atoms with E-state index in [2.05, 4.69) is 10.1 Å². The molecule has 1 atom stereocenters. The minimum atomic E-state index is -0.164. The molecule has 0 aromatic carbocycles. The zero-order valence-electron chi connectivity index (χ0n) is 14.4. The summed E-state index contributed by atoms with van der Waals surface area (Å²) in [6.45, 7) is 4.45. The number of likely N-dealkylation sites (tertiary alicyclic amines) is 2. The lowest BCUT2D eigenvalue weighted by molar-refractivity contribution is -0.149. The second kappa shape index (κ2) is 7.34. The number of methoxy groups -OCH3 is 1. The topological polar surface area (TPSA) is 75.9 Å². The maximum absolute atomic E-state index is 12.6. The van der Waals surface area contributed by atoms with Crippen LogP contribution in [0, 0.1) is 12.8 Å². The Labute approximate surface area is 141 Å². The normalized spacial score (nSPS) is 22.8. The van der Waals surface area contributed by atoms with Gasteiger partial charge >= 0.3 is 5.97 Å². The summed E-state index contributed by atoms with van der Waals surface area (Å²) in [6.07, 6.45) is 3.42. The fraction of sp³-hybridized carbons (Fsp3) is 0.706. The first kappa shape index (κ1) is 17.0. The van der Waals surface area contributed by atoms with Gasteiger partial charge in [-0.15, -0.1) is 0 Å². The van der Waals surface area contributed by atoms with Crippen LogP contribution >= 0.6 is 0 Å². The molecule has 3 rings (SSSR count). The van der Waals surface area contributed by atoms with Crippen molar-refractivity contribution in [1.82, 2.24) is 15.0 Å². The summed E-state index contributed by atoms with van der Waals surface area (Å²) in [5, 5.41) is 3.96. The summed E-state index contributed by atoms with van der Waals surface area (Å²) in [5.74, 6) is 0.738. The summed E-state index contributed by atoms with van der Waals surface area (Å²) in [5.41, 5.74) is 0.869. The van der Waals surface area contributed by atoms with Crippen LogP contribution in [0.5, 0.6) is 0 Å². The number of piperidine rings is 1. The van der Waals surface area contributed by atoms with Crippen molar-refractivity contribution >= 4 is 11.9 Å². The Morgan fingerprint density at radius 2 is 2.04 bits per heavy atom. The number of amides is 1. The Bertz CT molecular complexity index is 592. The average Bonchev–Trinajstić information content (AvgIpc) is 3.22. The molecule has 1 aromatic heterocycles. The molecule has 0 aliphatic carbocycles. The number of aromatic nitrogens is 1. The van der Waals surface area contributed by atoms with Crippen molar-refractivity contribution in [3.05, 3.63) is 17.5 Å². The monoisotopic (exact) mass is 335 g/mol. The van der Waals surface area contributed by atoms with Gasteiger partial charge in [-0.1, -0.05) is 5.16 Å². The smallest absolute Gasteiger partial charge is 0.308 e. The second-order valence-corrected chi connectivity index (χ2v) is 6.68. The summed E-state index contributed by atoms with van der Waals surface area (Å²) >= 11 is 0. The van der Waals surface area contributed by atoms with Crippen molar-refractivity contribution in [3.63, 3.8) is 0 Å². The summed E-state index contributed by atoms with van der Waals surface area (Å²) in [4.78, 5) is 28.2. The molecule has 3 heterocycles. The van der Waals surface area contributed by atoms with Crippen molar-refractivity contribution in [2.24, 2.45) is 5.92 Å². The second-order valence-electron chi connectivity index (χ2n) is 6.68. The standard InChI is InChI=1S/C17H25N3O4/c1-12-10-15(24-18-12)14-4-3-7-20(14)11-16(21)19-8-5-13(6-9-19)17(22)23-2/h10,13-14H,3-9,11H2,1-2H3. The lowest BCUT2D eigenvalue weighted by Gasteiger charge is -2.32. The van der Waals surface area contributed by atoms with Crippen LogP contribution < -0.4 is 0 Å². The molecule has 1 unspecified atom stereocenters. The Balaban J connectivity index is 1.54. The van der Waals surface area contributed by atoms with Crippen LogP contribution in [0.4, 0.5) is 0 Å². The first-order valence-electron chi connectivity index (χ1n) is 8.61. The molecule has 2 aliphatic heterocycles. The number of esters is 1. The number of hydrogen-bond donors (Lipinski definition) is 0. The molecule has 1 amide bonds. The van der Waals surface area contributed by atoms with Crippen LogP contribution in [0.3, 0.4) is 0 Å². The molecule has 0 spiro atoms. The third-order valence-electron chi connectivity index (χ3n) is 5.06. The van der Waals surface area contributed by atoms with Gasteiger partial charge in [0, 0.05) is 19.2 Å². The Morgan fingerprint density at radius 3 is 2.67 bits per heavy atom. The zero-order valence-corrected chi connectivity index (χ0v) is 14.4. The third-order valence-corrected chi connectivity index (χ3v) is 5.06. The molecule has 1 aromatic rings. The van der Waals surface area contributed by atoms with E-state index in [1.807, 2.05) is 17.9 Å². The predicted molar refractivity (Wildman–Crippen MR) is 86.1 cm³/mol. The number of carbonyl (C=O) groups excluding carboxylic acids is 2. The van der Waals surface area contributed by atoms with Gasteiger partial charge in [0.05, 0.1) is 31.3 Å². The number of rotatable bonds is 4. The molecule has 2 aliphatic rings. The van der Waals surface area contributed by atoms with E-state index < -0.39 is 0 Å². The quantitative estimate of drug-likeness (QED) is 0.777. The molecule has 0 saturated carbocycles. The van der Waals surface area contributed by atoms with Crippen molar-refractivity contribution in [3.8, 4) is 0 Å². The molecule has 7 heteroatoms. The number of hydrogen-bond acceptors (Lipinski definition) is 6.